The Morgan fingerprint density at radius 1 is 1.38 bits per heavy atom. The number of hydrogen-bond acceptors (Lipinski definition) is 4. The Morgan fingerprint density at radius 2 is 2.10 bits per heavy atom. The third-order valence-electron chi connectivity index (χ3n) is 4.07. The van der Waals surface area contributed by atoms with E-state index in [1.165, 1.54) is 6.42 Å². The summed E-state index contributed by atoms with van der Waals surface area (Å²) < 4.78 is 0. The monoisotopic (exact) mass is 291 g/mol. The number of amides is 1. The summed E-state index contributed by atoms with van der Waals surface area (Å²) in [6.45, 7) is 0.704. The molecule has 5 nitrogen and oxygen atoms in total. The summed E-state index contributed by atoms with van der Waals surface area (Å²) in [6.07, 6.45) is 3.89. The van der Waals surface area contributed by atoms with Gasteiger partial charge in [-0.1, -0.05) is 0 Å². The number of nitrogens with zero attached hydrogens (tertiary/aromatic N) is 2. The van der Waals surface area contributed by atoms with E-state index in [1.54, 1.807) is 6.07 Å². The molecule has 0 atom stereocenters. The van der Waals surface area contributed by atoms with E-state index in [1.807, 2.05) is 36.0 Å². The molecule has 1 aromatic rings. The molecule has 3 N–H and O–H groups in total. The van der Waals surface area contributed by atoms with Gasteiger partial charge in [0.1, 0.15) is 0 Å². The van der Waals surface area contributed by atoms with Crippen LogP contribution in [0.1, 0.15) is 36.0 Å². The number of nitrogen functional groups attached to an aromatic ring is 1. The van der Waals surface area contributed by atoms with E-state index in [2.05, 4.69) is 0 Å². The van der Waals surface area contributed by atoms with Crippen LogP contribution < -0.4 is 10.6 Å². The maximum atomic E-state index is 12.9. The standard InChI is InChI=1S/C16H25N3O2/c1-18(2)15-8-7-12(17)11-14(15)16(21)19(9-4-10-20)13-5-3-6-13/h7-8,11,13,20H,3-6,9-10,17H2,1-2H3. The van der Waals surface area contributed by atoms with Gasteiger partial charge in [-0.05, 0) is 43.9 Å². The summed E-state index contributed by atoms with van der Waals surface area (Å²) >= 11 is 0. The van der Waals surface area contributed by atoms with Crippen LogP contribution in [0.15, 0.2) is 18.2 Å². The van der Waals surface area contributed by atoms with Gasteiger partial charge >= 0.3 is 0 Å². The van der Waals surface area contributed by atoms with Crippen molar-refractivity contribution in [2.24, 2.45) is 0 Å². The minimum Gasteiger partial charge on any atom is -0.399 e. The molecule has 1 amide bonds. The van der Waals surface area contributed by atoms with Gasteiger partial charge in [0.15, 0.2) is 0 Å². The molecule has 0 heterocycles. The van der Waals surface area contributed by atoms with Crippen molar-refractivity contribution in [1.29, 1.82) is 0 Å². The first-order chi connectivity index (χ1) is 10.0. The number of anilines is 2. The lowest BCUT2D eigenvalue weighted by molar-refractivity contribution is 0.0563. The molecule has 5 heteroatoms. The molecule has 0 radical (unpaired) electrons. The van der Waals surface area contributed by atoms with Gasteiger partial charge in [-0.2, -0.15) is 0 Å². The number of rotatable bonds is 6. The second kappa shape index (κ2) is 6.80. The van der Waals surface area contributed by atoms with Crippen LogP contribution in [-0.2, 0) is 0 Å². The van der Waals surface area contributed by atoms with Crippen LogP contribution in [0.2, 0.25) is 0 Å². The molecule has 0 bridgehead atoms. The fourth-order valence-electron chi connectivity index (χ4n) is 2.66. The van der Waals surface area contributed by atoms with Crippen molar-refractivity contribution in [3.05, 3.63) is 23.8 Å². The number of nitrogens with two attached hydrogens (primary N) is 1. The molecule has 116 valence electrons. The van der Waals surface area contributed by atoms with Crippen LogP contribution in [0.5, 0.6) is 0 Å². The van der Waals surface area contributed by atoms with Gasteiger partial charge in [0.05, 0.1) is 5.56 Å². The van der Waals surface area contributed by atoms with Gasteiger partial charge in [0.2, 0.25) is 0 Å². The molecule has 1 aliphatic carbocycles. The highest BCUT2D eigenvalue weighted by Crippen LogP contribution is 2.29. The van der Waals surface area contributed by atoms with E-state index >= 15 is 0 Å². The molecule has 2 rings (SSSR count). The highest BCUT2D eigenvalue weighted by molar-refractivity contribution is 6.00. The van der Waals surface area contributed by atoms with Gasteiger partial charge in [-0.15, -0.1) is 0 Å². The Kier molecular flexibility index (Phi) is 5.07. The molecular formula is C16H25N3O2. The second-order valence-corrected chi connectivity index (χ2v) is 5.83. The Morgan fingerprint density at radius 3 is 2.62 bits per heavy atom. The third kappa shape index (κ3) is 3.47. The smallest absolute Gasteiger partial charge is 0.256 e. The molecule has 0 saturated heterocycles. The van der Waals surface area contributed by atoms with E-state index in [0.29, 0.717) is 30.3 Å². The first-order valence-corrected chi connectivity index (χ1v) is 7.53. The minimum absolute atomic E-state index is 0.0177. The number of benzene rings is 1. The van der Waals surface area contributed by atoms with Crippen LogP contribution in [0, 0.1) is 0 Å². The summed E-state index contributed by atoms with van der Waals surface area (Å²) in [5, 5.41) is 9.06. The van der Waals surface area contributed by atoms with Crippen LogP contribution >= 0.6 is 0 Å². The predicted molar refractivity (Wildman–Crippen MR) is 85.6 cm³/mol. The predicted octanol–water partition coefficient (Wildman–Crippen LogP) is 1.71. The molecule has 1 aromatic carbocycles. The average molecular weight is 291 g/mol. The zero-order valence-electron chi connectivity index (χ0n) is 12.9. The summed E-state index contributed by atoms with van der Waals surface area (Å²) in [5.41, 5.74) is 7.98. The van der Waals surface area contributed by atoms with E-state index in [0.717, 1.165) is 18.5 Å². The Labute approximate surface area is 126 Å². The lowest BCUT2D eigenvalue weighted by atomic mass is 9.90. The van der Waals surface area contributed by atoms with Gasteiger partial charge in [-0.3, -0.25) is 4.79 Å². The third-order valence-corrected chi connectivity index (χ3v) is 4.07. The Balaban J connectivity index is 2.28. The normalized spacial score (nSPS) is 14.6. The summed E-state index contributed by atoms with van der Waals surface area (Å²) in [5.74, 6) is 0.0177. The molecule has 1 saturated carbocycles. The highest BCUT2D eigenvalue weighted by Gasteiger charge is 2.30. The lowest BCUT2D eigenvalue weighted by Gasteiger charge is -2.38. The number of aliphatic hydroxyl groups excluding tert-OH is 1. The summed E-state index contributed by atoms with van der Waals surface area (Å²) in [7, 11) is 3.84. The van der Waals surface area contributed by atoms with Crippen LogP contribution in [0.3, 0.4) is 0 Å². The van der Waals surface area contributed by atoms with Crippen LogP contribution in [-0.4, -0.2) is 49.2 Å². The van der Waals surface area contributed by atoms with Gasteiger partial charge in [0, 0.05) is 44.7 Å². The van der Waals surface area contributed by atoms with Crippen LogP contribution in [0.4, 0.5) is 11.4 Å². The zero-order chi connectivity index (χ0) is 15.4. The number of carbonyl (C=O) groups excluding carboxylic acids is 1. The molecule has 0 unspecified atom stereocenters. The largest absolute Gasteiger partial charge is 0.399 e. The first-order valence-electron chi connectivity index (χ1n) is 7.53. The zero-order valence-corrected chi connectivity index (χ0v) is 12.9. The molecule has 0 aromatic heterocycles. The molecule has 0 spiro atoms. The SMILES string of the molecule is CN(C)c1ccc(N)cc1C(=O)N(CCCO)C1CCC1. The highest BCUT2D eigenvalue weighted by atomic mass is 16.3. The Hall–Kier alpha value is -1.75. The average Bonchev–Trinajstić information content (AvgIpc) is 2.40. The topological polar surface area (TPSA) is 69.8 Å². The first kappa shape index (κ1) is 15.6. The van der Waals surface area contributed by atoms with Crippen molar-refractivity contribution in [1.82, 2.24) is 4.90 Å². The van der Waals surface area contributed by atoms with E-state index in [-0.39, 0.29) is 12.5 Å². The fraction of sp³-hybridized carbons (Fsp3) is 0.562. The molecular weight excluding hydrogens is 266 g/mol. The van der Waals surface area contributed by atoms with Gasteiger partial charge in [0.25, 0.3) is 5.91 Å². The van der Waals surface area contributed by atoms with Crippen molar-refractivity contribution < 1.29 is 9.90 Å². The number of carbonyl (C=O) groups is 1. The quantitative estimate of drug-likeness (QED) is 0.783. The fourth-order valence-corrected chi connectivity index (χ4v) is 2.66. The molecule has 0 aliphatic heterocycles. The number of hydrogen-bond donors (Lipinski definition) is 2. The maximum Gasteiger partial charge on any atom is 0.256 e. The maximum absolute atomic E-state index is 12.9. The summed E-state index contributed by atoms with van der Waals surface area (Å²) in [4.78, 5) is 16.8. The van der Waals surface area contributed by atoms with Crippen molar-refractivity contribution in [3.63, 3.8) is 0 Å². The van der Waals surface area contributed by atoms with Crippen molar-refractivity contribution in [2.75, 3.05) is 37.9 Å². The second-order valence-electron chi connectivity index (χ2n) is 5.83. The van der Waals surface area contributed by atoms with E-state index in [9.17, 15) is 4.79 Å². The van der Waals surface area contributed by atoms with E-state index < -0.39 is 0 Å². The van der Waals surface area contributed by atoms with Gasteiger partial charge < -0.3 is 20.6 Å². The summed E-state index contributed by atoms with van der Waals surface area (Å²) in [6, 6.07) is 5.75. The van der Waals surface area contributed by atoms with Crippen molar-refractivity contribution in [3.8, 4) is 0 Å². The van der Waals surface area contributed by atoms with Crippen LogP contribution in [0.25, 0.3) is 0 Å². The Bertz CT molecular complexity index is 498. The van der Waals surface area contributed by atoms with E-state index in [4.69, 9.17) is 10.8 Å². The minimum atomic E-state index is 0.0177. The van der Waals surface area contributed by atoms with Crippen molar-refractivity contribution >= 4 is 17.3 Å². The number of aliphatic hydroxyl groups is 1. The van der Waals surface area contributed by atoms with Crippen molar-refractivity contribution in [2.45, 2.75) is 31.7 Å². The molecule has 1 aliphatic rings. The van der Waals surface area contributed by atoms with Gasteiger partial charge in [-0.25, -0.2) is 0 Å². The lowest BCUT2D eigenvalue weighted by Crippen LogP contribution is -2.45. The molecule has 1 fully saturated rings. The molecule has 21 heavy (non-hydrogen) atoms.